The van der Waals surface area contributed by atoms with Crippen molar-refractivity contribution < 1.29 is 33.0 Å². The third-order valence-corrected chi connectivity index (χ3v) is 1.42. The van der Waals surface area contributed by atoms with Crippen molar-refractivity contribution >= 4 is 11.9 Å². The zero-order valence-corrected chi connectivity index (χ0v) is 7.50. The third-order valence-electron chi connectivity index (χ3n) is 1.42. The average Bonchev–Trinajstić information content (AvgIpc) is 2.00. The van der Waals surface area contributed by atoms with Gasteiger partial charge in [-0.2, -0.15) is 13.2 Å². The number of rotatable bonds is 5. The van der Waals surface area contributed by atoms with E-state index in [1.165, 1.54) is 5.32 Å². The van der Waals surface area contributed by atoms with Crippen molar-refractivity contribution in [2.24, 2.45) is 0 Å². The first-order chi connectivity index (χ1) is 6.73. The number of halogens is 3. The molecule has 1 atom stereocenters. The molecule has 0 saturated heterocycles. The summed E-state index contributed by atoms with van der Waals surface area (Å²) in [5, 5.41) is 20.3. The molecule has 0 aliphatic rings. The second-order valence-electron chi connectivity index (χ2n) is 2.77. The first-order valence-corrected chi connectivity index (χ1v) is 3.96. The minimum absolute atomic E-state index is 0.282. The van der Waals surface area contributed by atoms with E-state index in [4.69, 9.17) is 5.11 Å². The van der Waals surface area contributed by atoms with Gasteiger partial charge in [0.25, 0.3) is 0 Å². The van der Waals surface area contributed by atoms with Gasteiger partial charge in [-0.3, -0.25) is 4.79 Å². The van der Waals surface area contributed by atoms with E-state index >= 15 is 0 Å². The maximum absolute atomic E-state index is 11.6. The molecule has 1 unspecified atom stereocenters. The fourth-order valence-electron chi connectivity index (χ4n) is 0.747. The molecule has 0 aliphatic heterocycles. The lowest BCUT2D eigenvalue weighted by Crippen LogP contribution is -2.38. The van der Waals surface area contributed by atoms with Crippen LogP contribution in [-0.4, -0.2) is 35.8 Å². The molecule has 2 N–H and O–H groups in total. The van der Waals surface area contributed by atoms with Gasteiger partial charge in [0.2, 0.25) is 0 Å². The highest BCUT2D eigenvalue weighted by atomic mass is 19.4. The number of carboxylic acids is 1. The highest BCUT2D eigenvalue weighted by Crippen LogP contribution is 2.13. The molecule has 0 heterocycles. The molecule has 5 nitrogen and oxygen atoms in total. The van der Waals surface area contributed by atoms with E-state index in [9.17, 15) is 27.9 Å². The number of hydrogen-bond acceptors (Lipinski definition) is 4. The summed E-state index contributed by atoms with van der Waals surface area (Å²) in [5.74, 6) is -3.63. The summed E-state index contributed by atoms with van der Waals surface area (Å²) in [4.78, 5) is 20.1. The molecule has 0 aromatic rings. The van der Waals surface area contributed by atoms with Crippen LogP contribution in [0.2, 0.25) is 0 Å². The Morgan fingerprint density at radius 1 is 1.40 bits per heavy atom. The second-order valence-corrected chi connectivity index (χ2v) is 2.77. The SMILES string of the molecule is O=C([O-])CC(O)CCNC(=O)C(F)(F)F. The molecule has 8 heteroatoms. The normalized spacial score (nSPS) is 13.3. The van der Waals surface area contributed by atoms with Gasteiger partial charge >= 0.3 is 12.1 Å². The Labute approximate surface area is 82.9 Å². The Bertz CT molecular complexity index is 241. The quantitative estimate of drug-likeness (QED) is 0.602. The number of aliphatic hydroxyl groups excluding tert-OH is 1. The number of carbonyl (C=O) groups is 2. The van der Waals surface area contributed by atoms with Crippen LogP contribution in [0.1, 0.15) is 12.8 Å². The zero-order chi connectivity index (χ0) is 12.1. The van der Waals surface area contributed by atoms with Crippen LogP contribution >= 0.6 is 0 Å². The minimum atomic E-state index is -4.97. The van der Waals surface area contributed by atoms with Crippen molar-refractivity contribution in [1.29, 1.82) is 0 Å². The van der Waals surface area contributed by atoms with Crippen LogP contribution < -0.4 is 10.4 Å². The van der Waals surface area contributed by atoms with Gasteiger partial charge in [-0.25, -0.2) is 0 Å². The molecule has 0 spiro atoms. The van der Waals surface area contributed by atoms with Crippen molar-refractivity contribution in [3.8, 4) is 0 Å². The van der Waals surface area contributed by atoms with Crippen LogP contribution in [-0.2, 0) is 9.59 Å². The first kappa shape index (κ1) is 13.7. The summed E-state index contributed by atoms with van der Waals surface area (Å²) < 4.78 is 34.8. The second kappa shape index (κ2) is 5.54. The largest absolute Gasteiger partial charge is 0.550 e. The van der Waals surface area contributed by atoms with Crippen molar-refractivity contribution in [2.45, 2.75) is 25.1 Å². The van der Waals surface area contributed by atoms with Crippen LogP contribution in [0, 0.1) is 0 Å². The van der Waals surface area contributed by atoms with Gasteiger partial charge in [0, 0.05) is 18.9 Å². The van der Waals surface area contributed by atoms with E-state index < -0.39 is 37.1 Å². The molecule has 15 heavy (non-hydrogen) atoms. The fraction of sp³-hybridized carbons (Fsp3) is 0.714. The molecule has 0 rings (SSSR count). The van der Waals surface area contributed by atoms with E-state index in [0.29, 0.717) is 0 Å². The van der Waals surface area contributed by atoms with E-state index in [1.807, 2.05) is 0 Å². The highest BCUT2D eigenvalue weighted by Gasteiger charge is 2.38. The van der Waals surface area contributed by atoms with Crippen molar-refractivity contribution in [3.05, 3.63) is 0 Å². The molecule has 0 saturated carbocycles. The lowest BCUT2D eigenvalue weighted by atomic mass is 10.2. The summed E-state index contributed by atoms with van der Waals surface area (Å²) in [7, 11) is 0. The average molecular weight is 228 g/mol. The van der Waals surface area contributed by atoms with Gasteiger partial charge in [0.1, 0.15) is 0 Å². The summed E-state index contributed by atoms with van der Waals surface area (Å²) >= 11 is 0. The maximum Gasteiger partial charge on any atom is 0.471 e. The van der Waals surface area contributed by atoms with Crippen molar-refractivity contribution in [2.75, 3.05) is 6.54 Å². The molecule has 0 aromatic carbocycles. The standard InChI is InChI=1S/C7H10F3NO4/c8-7(9,10)6(15)11-2-1-4(12)3-5(13)14/h4,12H,1-3H2,(H,11,15)(H,13,14)/p-1. The van der Waals surface area contributed by atoms with Crippen LogP contribution in [0.5, 0.6) is 0 Å². The van der Waals surface area contributed by atoms with Crippen LogP contribution in [0.4, 0.5) is 13.2 Å². The predicted molar refractivity (Wildman–Crippen MR) is 39.3 cm³/mol. The molecule has 0 bridgehead atoms. The van der Waals surface area contributed by atoms with Crippen LogP contribution in [0.3, 0.4) is 0 Å². The number of hydrogen-bond donors (Lipinski definition) is 2. The Balaban J connectivity index is 3.71. The molecule has 1 amide bonds. The summed E-state index contributed by atoms with van der Waals surface area (Å²) in [6.07, 6.45) is -7.26. The summed E-state index contributed by atoms with van der Waals surface area (Å²) in [5.41, 5.74) is 0. The number of amides is 1. The predicted octanol–water partition coefficient (Wildman–Crippen LogP) is -1.44. The lowest BCUT2D eigenvalue weighted by Gasteiger charge is -2.12. The number of carbonyl (C=O) groups excluding carboxylic acids is 2. The monoisotopic (exact) mass is 228 g/mol. The molecular formula is C7H9F3NO4-. The maximum atomic E-state index is 11.6. The lowest BCUT2D eigenvalue weighted by molar-refractivity contribution is -0.307. The molecule has 0 radical (unpaired) electrons. The van der Waals surface area contributed by atoms with Gasteiger partial charge in [-0.05, 0) is 6.42 Å². The van der Waals surface area contributed by atoms with Gasteiger partial charge in [0.05, 0.1) is 6.10 Å². The first-order valence-electron chi connectivity index (χ1n) is 3.96. The number of nitrogens with one attached hydrogen (secondary N) is 1. The van der Waals surface area contributed by atoms with Gasteiger partial charge in [-0.1, -0.05) is 0 Å². The molecular weight excluding hydrogens is 219 g/mol. The Morgan fingerprint density at radius 3 is 2.33 bits per heavy atom. The van der Waals surface area contributed by atoms with Gasteiger partial charge in [-0.15, -0.1) is 0 Å². The van der Waals surface area contributed by atoms with E-state index in [-0.39, 0.29) is 6.42 Å². The Morgan fingerprint density at radius 2 is 1.93 bits per heavy atom. The van der Waals surface area contributed by atoms with Gasteiger partial charge in [0.15, 0.2) is 0 Å². The molecule has 0 aliphatic carbocycles. The molecule has 88 valence electrons. The van der Waals surface area contributed by atoms with Crippen LogP contribution in [0.15, 0.2) is 0 Å². The van der Waals surface area contributed by atoms with E-state index in [2.05, 4.69) is 0 Å². The van der Waals surface area contributed by atoms with Gasteiger partial charge < -0.3 is 20.3 Å². The zero-order valence-electron chi connectivity index (χ0n) is 7.50. The highest BCUT2D eigenvalue weighted by molar-refractivity contribution is 5.81. The van der Waals surface area contributed by atoms with E-state index in [1.54, 1.807) is 0 Å². The number of carboxylic acid groups (broad SMARTS) is 1. The minimum Gasteiger partial charge on any atom is -0.550 e. The molecule has 0 aromatic heterocycles. The molecule has 0 fully saturated rings. The number of alkyl halides is 3. The Hall–Kier alpha value is -1.31. The summed E-state index contributed by atoms with van der Waals surface area (Å²) in [6, 6.07) is 0. The van der Waals surface area contributed by atoms with Crippen molar-refractivity contribution in [1.82, 2.24) is 5.32 Å². The number of aliphatic hydroxyl groups is 1. The third kappa shape index (κ3) is 6.72. The Kier molecular flexibility index (Phi) is 5.06. The van der Waals surface area contributed by atoms with Crippen LogP contribution in [0.25, 0.3) is 0 Å². The van der Waals surface area contributed by atoms with Crippen molar-refractivity contribution in [3.63, 3.8) is 0 Å². The summed E-state index contributed by atoms with van der Waals surface area (Å²) in [6.45, 7) is -0.452. The number of aliphatic carboxylic acids is 1. The van der Waals surface area contributed by atoms with E-state index in [0.717, 1.165) is 0 Å². The smallest absolute Gasteiger partial charge is 0.471 e. The topological polar surface area (TPSA) is 89.5 Å². The fourth-order valence-corrected chi connectivity index (χ4v) is 0.747.